The molecule has 0 saturated carbocycles. The fourth-order valence-corrected chi connectivity index (χ4v) is 3.46. The van der Waals surface area contributed by atoms with Gasteiger partial charge in [-0.15, -0.1) is 0 Å². The largest absolute Gasteiger partial charge is 0.416 e. The number of β-amino-alcohol motifs (C(OH)–C–C–N with tert-alkyl or cyclic N) is 1. The Morgan fingerprint density at radius 3 is 2.50 bits per heavy atom. The first-order chi connectivity index (χ1) is 14.2. The van der Waals surface area contributed by atoms with Gasteiger partial charge in [-0.3, -0.25) is 9.78 Å². The number of carbonyl (C=O) groups excluding carboxylic acids is 1. The van der Waals surface area contributed by atoms with Crippen molar-refractivity contribution in [3.05, 3.63) is 65.9 Å². The first kappa shape index (κ1) is 20.3. The Kier molecular flexibility index (Phi) is 4.99. The van der Waals surface area contributed by atoms with Gasteiger partial charge in [-0.05, 0) is 30.7 Å². The highest BCUT2D eigenvalue weighted by Gasteiger charge is 2.40. The van der Waals surface area contributed by atoms with Crippen LogP contribution in [0.1, 0.15) is 22.8 Å². The minimum atomic E-state index is -4.39. The number of hydrogen-bond acceptors (Lipinski definition) is 4. The fourth-order valence-electron chi connectivity index (χ4n) is 3.46. The summed E-state index contributed by atoms with van der Waals surface area (Å²) in [5, 5.41) is 16.8. The van der Waals surface area contributed by atoms with Crippen LogP contribution in [0.15, 0.2) is 54.7 Å². The molecule has 3 N–H and O–H groups in total. The van der Waals surface area contributed by atoms with E-state index in [0.717, 1.165) is 12.1 Å². The van der Waals surface area contributed by atoms with Gasteiger partial charge in [0.1, 0.15) is 5.60 Å². The van der Waals surface area contributed by atoms with Gasteiger partial charge in [0.05, 0.1) is 22.7 Å². The molecule has 1 amide bonds. The van der Waals surface area contributed by atoms with Crippen molar-refractivity contribution < 1.29 is 23.1 Å². The van der Waals surface area contributed by atoms with E-state index < -0.39 is 23.4 Å². The van der Waals surface area contributed by atoms with Crippen LogP contribution in [0.3, 0.4) is 0 Å². The van der Waals surface area contributed by atoms with Crippen molar-refractivity contribution in [3.63, 3.8) is 0 Å². The van der Waals surface area contributed by atoms with E-state index in [1.807, 2.05) is 0 Å². The zero-order valence-corrected chi connectivity index (χ0v) is 16.1. The second kappa shape index (κ2) is 7.37. The Bertz CT molecular complexity index is 1090. The molecule has 156 valence electrons. The van der Waals surface area contributed by atoms with Gasteiger partial charge in [0, 0.05) is 30.2 Å². The van der Waals surface area contributed by atoms with Gasteiger partial charge in [-0.1, -0.05) is 30.3 Å². The van der Waals surface area contributed by atoms with Crippen molar-refractivity contribution >= 4 is 16.8 Å². The summed E-state index contributed by atoms with van der Waals surface area (Å²) in [7, 11) is 0. The molecular weight excluding hydrogens is 395 g/mol. The summed E-state index contributed by atoms with van der Waals surface area (Å²) in [4.78, 5) is 17.0. The van der Waals surface area contributed by atoms with Crippen molar-refractivity contribution in [2.45, 2.75) is 24.7 Å². The number of halogens is 3. The number of aromatic nitrogens is 1. The number of nitrogens with one attached hydrogen (secondary N) is 2. The quantitative estimate of drug-likeness (QED) is 0.611. The van der Waals surface area contributed by atoms with E-state index in [2.05, 4.69) is 15.6 Å². The number of fused-ring (bicyclic) bond motifs is 1. The second-order valence-corrected chi connectivity index (χ2v) is 7.58. The van der Waals surface area contributed by atoms with Gasteiger partial charge >= 0.3 is 6.18 Å². The average molecular weight is 415 g/mol. The molecule has 0 radical (unpaired) electrons. The lowest BCUT2D eigenvalue weighted by Crippen LogP contribution is -2.68. The Labute approximate surface area is 170 Å². The van der Waals surface area contributed by atoms with Crippen molar-refractivity contribution in [1.29, 1.82) is 0 Å². The zero-order chi connectivity index (χ0) is 21.5. The molecule has 2 heterocycles. The number of hydrogen-bond donors (Lipinski definition) is 3. The highest BCUT2D eigenvalue weighted by atomic mass is 19.4. The van der Waals surface area contributed by atoms with Gasteiger partial charge in [0.15, 0.2) is 0 Å². The van der Waals surface area contributed by atoms with Gasteiger partial charge in [0.2, 0.25) is 0 Å². The van der Waals surface area contributed by atoms with Crippen LogP contribution in [0.2, 0.25) is 0 Å². The molecule has 1 atom stereocenters. The van der Waals surface area contributed by atoms with Crippen LogP contribution in [-0.4, -0.2) is 40.7 Å². The molecule has 0 bridgehead atoms. The molecule has 4 rings (SSSR count). The molecule has 8 heteroatoms. The number of alkyl halides is 3. The normalized spacial score (nSPS) is 16.7. The minimum absolute atomic E-state index is 0.342. The Hall–Kier alpha value is -2.97. The lowest BCUT2D eigenvalue weighted by molar-refractivity contribution is -0.137. The maximum atomic E-state index is 12.8. The van der Waals surface area contributed by atoms with Crippen LogP contribution in [0.25, 0.3) is 22.0 Å². The van der Waals surface area contributed by atoms with Gasteiger partial charge in [0.25, 0.3) is 5.91 Å². The SMILES string of the molecule is C[C@H](NC(=O)c1cnc2c(-c3ccc(C(F)(F)F)cc3)cccc2c1)C1(O)CNC1. The third-order valence-electron chi connectivity index (χ3n) is 5.51. The molecule has 0 spiro atoms. The summed E-state index contributed by atoms with van der Waals surface area (Å²) < 4.78 is 38.4. The van der Waals surface area contributed by atoms with E-state index in [4.69, 9.17) is 0 Å². The maximum absolute atomic E-state index is 12.8. The average Bonchev–Trinajstić information content (AvgIpc) is 2.70. The molecule has 1 aliphatic heterocycles. The highest BCUT2D eigenvalue weighted by molar-refractivity contribution is 6.00. The van der Waals surface area contributed by atoms with Crippen molar-refractivity contribution in [2.75, 3.05) is 13.1 Å². The van der Waals surface area contributed by atoms with Gasteiger partial charge < -0.3 is 15.7 Å². The van der Waals surface area contributed by atoms with Crippen LogP contribution in [-0.2, 0) is 6.18 Å². The number of pyridine rings is 1. The van der Waals surface area contributed by atoms with Crippen LogP contribution in [0, 0.1) is 0 Å². The predicted molar refractivity (Wildman–Crippen MR) is 107 cm³/mol. The monoisotopic (exact) mass is 415 g/mol. The summed E-state index contributed by atoms with van der Waals surface area (Å²) in [5.74, 6) is -0.350. The summed E-state index contributed by atoms with van der Waals surface area (Å²) >= 11 is 0. The van der Waals surface area contributed by atoms with Gasteiger partial charge in [-0.25, -0.2) is 0 Å². The molecule has 0 aliphatic carbocycles. The summed E-state index contributed by atoms with van der Waals surface area (Å²) in [6.07, 6.45) is -2.96. The smallest absolute Gasteiger partial charge is 0.385 e. The van der Waals surface area contributed by atoms with Crippen LogP contribution < -0.4 is 10.6 Å². The van der Waals surface area contributed by atoms with E-state index >= 15 is 0 Å². The maximum Gasteiger partial charge on any atom is 0.416 e. The minimum Gasteiger partial charge on any atom is -0.385 e. The van der Waals surface area contributed by atoms with Crippen LogP contribution in [0.4, 0.5) is 13.2 Å². The number of rotatable bonds is 4. The third kappa shape index (κ3) is 3.76. The van der Waals surface area contributed by atoms with Crippen molar-refractivity contribution in [3.8, 4) is 11.1 Å². The Morgan fingerprint density at radius 1 is 1.20 bits per heavy atom. The van der Waals surface area contributed by atoms with Crippen LogP contribution >= 0.6 is 0 Å². The number of amides is 1. The Morgan fingerprint density at radius 2 is 1.90 bits per heavy atom. The van der Waals surface area contributed by atoms with E-state index in [1.54, 1.807) is 31.2 Å². The topological polar surface area (TPSA) is 74.2 Å². The lowest BCUT2D eigenvalue weighted by atomic mass is 9.89. The number of aliphatic hydroxyl groups is 1. The summed E-state index contributed by atoms with van der Waals surface area (Å²) in [6, 6.07) is 11.5. The summed E-state index contributed by atoms with van der Waals surface area (Å²) in [6.45, 7) is 2.58. The number of nitrogens with zero attached hydrogens (tertiary/aromatic N) is 1. The fraction of sp³-hybridized carbons (Fsp3) is 0.273. The second-order valence-electron chi connectivity index (χ2n) is 7.58. The number of benzene rings is 2. The first-order valence-electron chi connectivity index (χ1n) is 9.48. The zero-order valence-electron chi connectivity index (χ0n) is 16.1. The van der Waals surface area contributed by atoms with Crippen molar-refractivity contribution in [1.82, 2.24) is 15.6 Å². The lowest BCUT2D eigenvalue weighted by Gasteiger charge is -2.42. The molecule has 30 heavy (non-hydrogen) atoms. The first-order valence-corrected chi connectivity index (χ1v) is 9.48. The predicted octanol–water partition coefficient (Wildman–Crippen LogP) is 3.37. The number of para-hydroxylation sites is 1. The van der Waals surface area contributed by atoms with Crippen molar-refractivity contribution in [2.24, 2.45) is 0 Å². The molecule has 5 nitrogen and oxygen atoms in total. The highest BCUT2D eigenvalue weighted by Crippen LogP contribution is 2.33. The molecule has 1 fully saturated rings. The standard InChI is InChI=1S/C22H20F3N3O2/c1-13(21(30)11-26-12-21)28-20(29)16-9-15-3-2-4-18(19(15)27-10-16)14-5-7-17(8-6-14)22(23,24)25/h2-10,13,26,30H,11-12H2,1H3,(H,28,29)/t13-/m0/s1. The molecule has 3 aromatic rings. The molecule has 1 aliphatic rings. The van der Waals surface area contributed by atoms with E-state index in [-0.39, 0.29) is 5.91 Å². The molecule has 1 saturated heterocycles. The van der Waals surface area contributed by atoms with Gasteiger partial charge in [-0.2, -0.15) is 13.2 Å². The molecular formula is C22H20F3N3O2. The number of carbonyl (C=O) groups is 1. The third-order valence-corrected chi connectivity index (χ3v) is 5.51. The van der Waals surface area contributed by atoms with Crippen LogP contribution in [0.5, 0.6) is 0 Å². The molecule has 1 aromatic heterocycles. The van der Waals surface area contributed by atoms with E-state index in [1.165, 1.54) is 18.3 Å². The molecule has 0 unspecified atom stereocenters. The van der Waals surface area contributed by atoms with E-state index in [0.29, 0.717) is 40.7 Å². The summed E-state index contributed by atoms with van der Waals surface area (Å²) in [5.41, 5.74) is 0.535. The Balaban J connectivity index is 1.61. The van der Waals surface area contributed by atoms with E-state index in [9.17, 15) is 23.1 Å². The molecule has 2 aromatic carbocycles.